The van der Waals surface area contributed by atoms with E-state index in [1.165, 1.54) is 0 Å². The second kappa shape index (κ2) is 7.36. The predicted octanol–water partition coefficient (Wildman–Crippen LogP) is 4.03. The third-order valence-corrected chi connectivity index (χ3v) is 4.03. The van der Waals surface area contributed by atoms with E-state index in [2.05, 4.69) is 16.7 Å². The van der Waals surface area contributed by atoms with Gasteiger partial charge in [0.15, 0.2) is 0 Å². The van der Waals surface area contributed by atoms with E-state index in [-0.39, 0.29) is 11.7 Å². The molecular weight excluding hydrogens is 304 g/mol. The zero-order valence-electron chi connectivity index (χ0n) is 13.7. The minimum absolute atomic E-state index is 0.268. The Hall–Kier alpha value is -2.53. The molecule has 5 nitrogen and oxygen atoms in total. The largest absolute Gasteiger partial charge is 0.478 e. The highest BCUT2D eigenvalue weighted by Crippen LogP contribution is 2.24. The summed E-state index contributed by atoms with van der Waals surface area (Å²) in [6.45, 7) is 3.69. The van der Waals surface area contributed by atoms with Crippen LogP contribution in [-0.4, -0.2) is 30.3 Å². The van der Waals surface area contributed by atoms with Crippen LogP contribution < -0.4 is 10.6 Å². The molecule has 0 radical (unpaired) electrons. The maximum Gasteiger partial charge on any atom is 0.335 e. The number of nitrogens with one attached hydrogen (secondary N) is 2. The standard InChI is InChI=1S/C19H22N2O3/c1-13-8-16(20-12-18-6-3-7-24-18)11-17(9-13)21-15-5-2-4-14(10-15)19(22)23/h2,4-5,8-11,18,20-21H,3,6-7,12H2,1H3,(H,22,23). The highest BCUT2D eigenvalue weighted by atomic mass is 16.5. The monoisotopic (exact) mass is 326 g/mol. The number of hydrogen-bond donors (Lipinski definition) is 3. The molecule has 0 aromatic heterocycles. The first-order chi connectivity index (χ1) is 11.6. The molecule has 24 heavy (non-hydrogen) atoms. The normalized spacial score (nSPS) is 16.8. The van der Waals surface area contributed by atoms with E-state index in [9.17, 15) is 4.79 Å². The summed E-state index contributed by atoms with van der Waals surface area (Å²) in [7, 11) is 0. The number of ether oxygens (including phenoxy) is 1. The van der Waals surface area contributed by atoms with Crippen LogP contribution in [0.15, 0.2) is 42.5 Å². The molecule has 1 heterocycles. The third-order valence-electron chi connectivity index (χ3n) is 4.03. The Kier molecular flexibility index (Phi) is 5.01. The quantitative estimate of drug-likeness (QED) is 0.748. The van der Waals surface area contributed by atoms with Crippen molar-refractivity contribution in [3.8, 4) is 0 Å². The lowest BCUT2D eigenvalue weighted by Gasteiger charge is -2.15. The molecule has 0 amide bonds. The lowest BCUT2D eigenvalue weighted by atomic mass is 10.1. The fourth-order valence-electron chi connectivity index (χ4n) is 2.89. The number of anilines is 3. The van der Waals surface area contributed by atoms with Crippen LogP contribution in [0.2, 0.25) is 0 Å². The molecule has 126 valence electrons. The summed E-state index contributed by atoms with van der Waals surface area (Å²) in [5.74, 6) is -0.929. The van der Waals surface area contributed by atoms with E-state index in [0.717, 1.165) is 48.6 Å². The Balaban J connectivity index is 1.71. The zero-order chi connectivity index (χ0) is 16.9. The molecular formula is C19H22N2O3. The minimum atomic E-state index is -0.929. The van der Waals surface area contributed by atoms with Crippen LogP contribution >= 0.6 is 0 Å². The summed E-state index contributed by atoms with van der Waals surface area (Å²) in [4.78, 5) is 11.1. The summed E-state index contributed by atoms with van der Waals surface area (Å²) in [6, 6.07) is 12.9. The molecule has 0 aliphatic carbocycles. The Morgan fingerprint density at radius 2 is 2.04 bits per heavy atom. The van der Waals surface area contributed by atoms with Gasteiger partial charge in [-0.1, -0.05) is 6.07 Å². The lowest BCUT2D eigenvalue weighted by molar-refractivity contribution is 0.0697. The van der Waals surface area contributed by atoms with Crippen molar-refractivity contribution in [2.24, 2.45) is 0 Å². The van der Waals surface area contributed by atoms with Crippen molar-refractivity contribution in [2.45, 2.75) is 25.9 Å². The van der Waals surface area contributed by atoms with Crippen LogP contribution in [0.1, 0.15) is 28.8 Å². The first kappa shape index (κ1) is 16.3. The molecule has 3 rings (SSSR count). The van der Waals surface area contributed by atoms with Gasteiger partial charge in [0, 0.05) is 30.2 Å². The summed E-state index contributed by atoms with van der Waals surface area (Å²) in [5.41, 5.74) is 4.11. The van der Waals surface area contributed by atoms with Gasteiger partial charge in [-0.05, 0) is 61.7 Å². The second-order valence-corrected chi connectivity index (χ2v) is 6.11. The van der Waals surface area contributed by atoms with Gasteiger partial charge in [0.25, 0.3) is 0 Å². The third kappa shape index (κ3) is 4.26. The van der Waals surface area contributed by atoms with E-state index in [1.54, 1.807) is 18.2 Å². The number of carbonyl (C=O) groups is 1. The molecule has 1 aliphatic rings. The lowest BCUT2D eigenvalue weighted by Crippen LogP contribution is -2.18. The average Bonchev–Trinajstić information content (AvgIpc) is 3.06. The summed E-state index contributed by atoms with van der Waals surface area (Å²) in [5, 5.41) is 15.8. The molecule has 2 aromatic rings. The van der Waals surface area contributed by atoms with Crippen LogP contribution in [-0.2, 0) is 4.74 Å². The highest BCUT2D eigenvalue weighted by Gasteiger charge is 2.14. The van der Waals surface area contributed by atoms with Gasteiger partial charge in [-0.2, -0.15) is 0 Å². The van der Waals surface area contributed by atoms with Crippen molar-refractivity contribution in [1.29, 1.82) is 0 Å². The van der Waals surface area contributed by atoms with Crippen LogP contribution in [0.3, 0.4) is 0 Å². The number of rotatable bonds is 6. The minimum Gasteiger partial charge on any atom is -0.478 e. The molecule has 1 aliphatic heterocycles. The fraction of sp³-hybridized carbons (Fsp3) is 0.316. The first-order valence-corrected chi connectivity index (χ1v) is 8.18. The van der Waals surface area contributed by atoms with Gasteiger partial charge in [0.2, 0.25) is 0 Å². The van der Waals surface area contributed by atoms with Gasteiger partial charge in [0.05, 0.1) is 11.7 Å². The van der Waals surface area contributed by atoms with Crippen molar-refractivity contribution >= 4 is 23.0 Å². The van der Waals surface area contributed by atoms with Crippen molar-refractivity contribution in [2.75, 3.05) is 23.8 Å². The van der Waals surface area contributed by atoms with Gasteiger partial charge in [-0.15, -0.1) is 0 Å². The van der Waals surface area contributed by atoms with E-state index in [0.29, 0.717) is 0 Å². The molecule has 1 atom stereocenters. The second-order valence-electron chi connectivity index (χ2n) is 6.11. The molecule has 5 heteroatoms. The molecule has 0 bridgehead atoms. The molecule has 0 spiro atoms. The van der Waals surface area contributed by atoms with Gasteiger partial charge in [-0.25, -0.2) is 4.79 Å². The maximum atomic E-state index is 11.1. The maximum absolute atomic E-state index is 11.1. The van der Waals surface area contributed by atoms with Crippen molar-refractivity contribution < 1.29 is 14.6 Å². The number of hydrogen-bond acceptors (Lipinski definition) is 4. The smallest absolute Gasteiger partial charge is 0.335 e. The number of carboxylic acids is 1. The Labute approximate surface area is 141 Å². The molecule has 1 saturated heterocycles. The van der Waals surface area contributed by atoms with Crippen LogP contribution in [0.4, 0.5) is 17.1 Å². The SMILES string of the molecule is Cc1cc(NCC2CCCO2)cc(Nc2cccc(C(=O)O)c2)c1. The first-order valence-electron chi connectivity index (χ1n) is 8.18. The van der Waals surface area contributed by atoms with Crippen molar-refractivity contribution in [3.05, 3.63) is 53.6 Å². The fourth-order valence-corrected chi connectivity index (χ4v) is 2.89. The Morgan fingerprint density at radius 1 is 1.21 bits per heavy atom. The van der Waals surface area contributed by atoms with E-state index in [1.807, 2.05) is 25.1 Å². The van der Waals surface area contributed by atoms with Crippen LogP contribution in [0, 0.1) is 6.92 Å². The van der Waals surface area contributed by atoms with Crippen LogP contribution in [0.5, 0.6) is 0 Å². The predicted molar refractivity (Wildman–Crippen MR) is 95.3 cm³/mol. The van der Waals surface area contributed by atoms with Gasteiger partial charge >= 0.3 is 5.97 Å². The molecule has 1 fully saturated rings. The number of aryl methyl sites for hydroxylation is 1. The topological polar surface area (TPSA) is 70.6 Å². The molecule has 0 saturated carbocycles. The highest BCUT2D eigenvalue weighted by molar-refractivity contribution is 5.89. The van der Waals surface area contributed by atoms with E-state index >= 15 is 0 Å². The number of benzene rings is 2. The number of aromatic carboxylic acids is 1. The summed E-state index contributed by atoms with van der Waals surface area (Å²) >= 11 is 0. The zero-order valence-corrected chi connectivity index (χ0v) is 13.7. The van der Waals surface area contributed by atoms with Crippen molar-refractivity contribution in [1.82, 2.24) is 0 Å². The van der Waals surface area contributed by atoms with E-state index < -0.39 is 5.97 Å². The summed E-state index contributed by atoms with van der Waals surface area (Å²) in [6.07, 6.45) is 2.52. The average molecular weight is 326 g/mol. The molecule has 1 unspecified atom stereocenters. The van der Waals surface area contributed by atoms with Gasteiger partial charge in [0.1, 0.15) is 0 Å². The summed E-state index contributed by atoms with van der Waals surface area (Å²) < 4.78 is 5.63. The Morgan fingerprint density at radius 3 is 2.79 bits per heavy atom. The van der Waals surface area contributed by atoms with E-state index in [4.69, 9.17) is 9.84 Å². The van der Waals surface area contributed by atoms with Crippen molar-refractivity contribution in [3.63, 3.8) is 0 Å². The number of carboxylic acid groups (broad SMARTS) is 1. The van der Waals surface area contributed by atoms with Crippen LogP contribution in [0.25, 0.3) is 0 Å². The molecule has 3 N–H and O–H groups in total. The molecule has 2 aromatic carbocycles. The Bertz CT molecular complexity index is 724. The van der Waals surface area contributed by atoms with Gasteiger partial charge < -0.3 is 20.5 Å². The van der Waals surface area contributed by atoms with Gasteiger partial charge in [-0.3, -0.25) is 0 Å².